The molecular weight excluding hydrogens is 340 g/mol. The van der Waals surface area contributed by atoms with Gasteiger partial charge in [-0.2, -0.15) is 0 Å². The first kappa shape index (κ1) is 19.2. The van der Waals surface area contributed by atoms with E-state index in [1.54, 1.807) is 7.11 Å². The fourth-order valence-electron chi connectivity index (χ4n) is 3.49. The number of carbonyl (C=O) groups is 1. The summed E-state index contributed by atoms with van der Waals surface area (Å²) in [5.41, 5.74) is 8.77. The summed E-state index contributed by atoms with van der Waals surface area (Å²) in [6.45, 7) is 1.91. The molecule has 1 amide bonds. The fourth-order valence-corrected chi connectivity index (χ4v) is 3.49. The van der Waals surface area contributed by atoms with Crippen molar-refractivity contribution in [3.05, 3.63) is 59.7 Å². The van der Waals surface area contributed by atoms with Crippen molar-refractivity contribution < 1.29 is 14.3 Å². The largest absolute Gasteiger partial charge is 0.496 e. The lowest BCUT2D eigenvalue weighted by atomic mass is 10.1. The number of amides is 1. The molecule has 2 N–H and O–H groups in total. The smallest absolute Gasteiger partial charge is 0.223 e. The number of ether oxygens (including phenoxy) is 2. The van der Waals surface area contributed by atoms with E-state index in [0.29, 0.717) is 25.9 Å². The Hall–Kier alpha value is -2.53. The Morgan fingerprint density at radius 3 is 2.63 bits per heavy atom. The molecule has 1 aliphatic heterocycles. The summed E-state index contributed by atoms with van der Waals surface area (Å²) in [7, 11) is 1.66. The second-order valence-corrected chi connectivity index (χ2v) is 6.92. The van der Waals surface area contributed by atoms with Crippen molar-refractivity contribution in [2.75, 3.05) is 26.0 Å². The number of methoxy groups -OCH3 is 1. The summed E-state index contributed by atoms with van der Waals surface area (Å²) >= 11 is 0. The number of para-hydroxylation sites is 2. The topological polar surface area (TPSA) is 64.8 Å². The van der Waals surface area contributed by atoms with Crippen LogP contribution in [0.25, 0.3) is 0 Å². The standard InChI is InChI=1S/C22H28N2O3/c1-26-21-11-5-3-8-18(21)15-24(16-19-9-6-14-27-19)22(25)13-12-17-7-2-4-10-20(17)23/h2-5,7-8,10-11,19H,6,9,12-16,23H2,1H3. The van der Waals surface area contributed by atoms with E-state index in [0.717, 1.165) is 42.0 Å². The van der Waals surface area contributed by atoms with Crippen LogP contribution in [0, 0.1) is 0 Å². The minimum atomic E-state index is 0.111. The van der Waals surface area contributed by atoms with Crippen LogP contribution in [-0.2, 0) is 22.5 Å². The highest BCUT2D eigenvalue weighted by molar-refractivity contribution is 5.77. The van der Waals surface area contributed by atoms with E-state index in [1.165, 1.54) is 0 Å². The molecule has 5 nitrogen and oxygen atoms in total. The quantitative estimate of drug-likeness (QED) is 0.725. The highest BCUT2D eigenvalue weighted by Gasteiger charge is 2.23. The maximum absolute atomic E-state index is 13.0. The van der Waals surface area contributed by atoms with E-state index < -0.39 is 0 Å². The van der Waals surface area contributed by atoms with Crippen LogP contribution in [0.2, 0.25) is 0 Å². The lowest BCUT2D eigenvalue weighted by molar-refractivity contribution is -0.133. The van der Waals surface area contributed by atoms with Gasteiger partial charge in [-0.05, 0) is 37.0 Å². The fraction of sp³-hybridized carbons (Fsp3) is 0.409. The van der Waals surface area contributed by atoms with Crippen LogP contribution in [0.15, 0.2) is 48.5 Å². The Labute approximate surface area is 161 Å². The van der Waals surface area contributed by atoms with Crippen LogP contribution in [0.4, 0.5) is 5.69 Å². The molecule has 1 saturated heterocycles. The number of nitrogens with two attached hydrogens (primary N) is 1. The van der Waals surface area contributed by atoms with Crippen LogP contribution in [0.3, 0.4) is 0 Å². The number of rotatable bonds is 8. The van der Waals surface area contributed by atoms with Gasteiger partial charge in [0.1, 0.15) is 5.75 Å². The van der Waals surface area contributed by atoms with Gasteiger partial charge in [0.25, 0.3) is 0 Å². The van der Waals surface area contributed by atoms with Crippen LogP contribution < -0.4 is 10.5 Å². The highest BCUT2D eigenvalue weighted by Crippen LogP contribution is 2.22. The number of aryl methyl sites for hydroxylation is 1. The van der Waals surface area contributed by atoms with Crippen LogP contribution in [-0.4, -0.2) is 37.2 Å². The summed E-state index contributed by atoms with van der Waals surface area (Å²) in [6.07, 6.45) is 3.24. The first-order valence-corrected chi connectivity index (χ1v) is 9.52. The maximum atomic E-state index is 13.0. The Bertz CT molecular complexity index is 757. The van der Waals surface area contributed by atoms with E-state index in [1.807, 2.05) is 53.4 Å². The molecule has 1 fully saturated rings. The molecule has 27 heavy (non-hydrogen) atoms. The molecule has 0 radical (unpaired) electrons. The second-order valence-electron chi connectivity index (χ2n) is 6.92. The third-order valence-electron chi connectivity index (χ3n) is 5.02. The number of hydrogen-bond donors (Lipinski definition) is 1. The number of hydrogen-bond acceptors (Lipinski definition) is 4. The monoisotopic (exact) mass is 368 g/mol. The van der Waals surface area contributed by atoms with Crippen LogP contribution in [0.1, 0.15) is 30.4 Å². The van der Waals surface area contributed by atoms with E-state index in [4.69, 9.17) is 15.2 Å². The number of benzene rings is 2. The molecule has 0 bridgehead atoms. The van der Waals surface area contributed by atoms with Gasteiger partial charge in [0.2, 0.25) is 5.91 Å². The van der Waals surface area contributed by atoms with Crippen molar-refractivity contribution in [3.8, 4) is 5.75 Å². The third-order valence-corrected chi connectivity index (χ3v) is 5.02. The van der Waals surface area contributed by atoms with Crippen molar-refractivity contribution in [3.63, 3.8) is 0 Å². The first-order valence-electron chi connectivity index (χ1n) is 9.52. The van der Waals surface area contributed by atoms with Crippen LogP contribution in [0.5, 0.6) is 5.75 Å². The third kappa shape index (κ3) is 5.23. The Morgan fingerprint density at radius 1 is 1.19 bits per heavy atom. The highest BCUT2D eigenvalue weighted by atomic mass is 16.5. The molecule has 2 aromatic carbocycles. The molecule has 1 unspecified atom stereocenters. The van der Waals surface area contributed by atoms with Gasteiger partial charge in [-0.1, -0.05) is 36.4 Å². The normalized spacial score (nSPS) is 16.3. The second kappa shape index (κ2) is 9.42. The number of carbonyl (C=O) groups excluding carboxylic acids is 1. The lowest BCUT2D eigenvalue weighted by Crippen LogP contribution is -2.37. The number of anilines is 1. The average molecular weight is 368 g/mol. The van der Waals surface area contributed by atoms with Crippen molar-refractivity contribution in [1.82, 2.24) is 4.90 Å². The number of nitrogens with zero attached hydrogens (tertiary/aromatic N) is 1. The van der Waals surface area contributed by atoms with Crippen molar-refractivity contribution in [2.45, 2.75) is 38.3 Å². The van der Waals surface area contributed by atoms with Gasteiger partial charge in [0.15, 0.2) is 0 Å². The molecule has 1 heterocycles. The predicted octanol–water partition coefficient (Wildman–Crippen LogP) is 3.42. The summed E-state index contributed by atoms with van der Waals surface area (Å²) in [4.78, 5) is 14.9. The molecule has 0 aromatic heterocycles. The summed E-state index contributed by atoms with van der Waals surface area (Å²) in [5, 5.41) is 0. The van der Waals surface area contributed by atoms with E-state index in [-0.39, 0.29) is 12.0 Å². The zero-order chi connectivity index (χ0) is 19.1. The molecule has 144 valence electrons. The predicted molar refractivity (Wildman–Crippen MR) is 107 cm³/mol. The Morgan fingerprint density at radius 2 is 1.93 bits per heavy atom. The number of nitrogen functional groups attached to an aromatic ring is 1. The molecular formula is C22H28N2O3. The van der Waals surface area contributed by atoms with Gasteiger partial charge < -0.3 is 20.1 Å². The average Bonchev–Trinajstić information content (AvgIpc) is 3.20. The zero-order valence-corrected chi connectivity index (χ0v) is 15.9. The van der Waals surface area contributed by atoms with Gasteiger partial charge in [0, 0.05) is 37.4 Å². The minimum Gasteiger partial charge on any atom is -0.496 e. The van der Waals surface area contributed by atoms with Gasteiger partial charge in [0.05, 0.1) is 13.2 Å². The van der Waals surface area contributed by atoms with Gasteiger partial charge in [-0.25, -0.2) is 0 Å². The molecule has 3 rings (SSSR count). The molecule has 0 spiro atoms. The Kier molecular flexibility index (Phi) is 6.71. The van der Waals surface area contributed by atoms with Gasteiger partial charge >= 0.3 is 0 Å². The minimum absolute atomic E-state index is 0.111. The summed E-state index contributed by atoms with van der Waals surface area (Å²) < 4.78 is 11.2. The molecule has 1 atom stereocenters. The van der Waals surface area contributed by atoms with Crippen molar-refractivity contribution in [1.29, 1.82) is 0 Å². The van der Waals surface area contributed by atoms with E-state index >= 15 is 0 Å². The first-order chi connectivity index (χ1) is 13.2. The van der Waals surface area contributed by atoms with Crippen molar-refractivity contribution in [2.24, 2.45) is 0 Å². The van der Waals surface area contributed by atoms with Gasteiger partial charge in [-0.15, -0.1) is 0 Å². The zero-order valence-electron chi connectivity index (χ0n) is 15.9. The molecule has 1 aliphatic rings. The maximum Gasteiger partial charge on any atom is 0.223 e. The molecule has 5 heteroatoms. The van der Waals surface area contributed by atoms with Crippen LogP contribution >= 0.6 is 0 Å². The van der Waals surface area contributed by atoms with E-state index in [2.05, 4.69) is 0 Å². The lowest BCUT2D eigenvalue weighted by Gasteiger charge is -2.26. The molecule has 2 aromatic rings. The molecule has 0 aliphatic carbocycles. The van der Waals surface area contributed by atoms with E-state index in [9.17, 15) is 4.79 Å². The summed E-state index contributed by atoms with van der Waals surface area (Å²) in [6, 6.07) is 15.6. The summed E-state index contributed by atoms with van der Waals surface area (Å²) in [5.74, 6) is 0.912. The SMILES string of the molecule is COc1ccccc1CN(CC1CCCO1)C(=O)CCc1ccccc1N. The van der Waals surface area contributed by atoms with Crippen molar-refractivity contribution >= 4 is 11.6 Å². The van der Waals surface area contributed by atoms with Gasteiger partial charge in [-0.3, -0.25) is 4.79 Å². The Balaban J connectivity index is 1.70. The molecule has 0 saturated carbocycles.